The van der Waals surface area contributed by atoms with Crippen molar-refractivity contribution in [3.63, 3.8) is 0 Å². The molecule has 4 heteroatoms. The minimum atomic E-state index is 0.778. The molecule has 1 nitrogen and oxygen atoms in total. The van der Waals surface area contributed by atoms with Crippen LogP contribution in [-0.4, -0.2) is 0 Å². The monoisotopic (exact) mass is 499 g/mol. The summed E-state index contributed by atoms with van der Waals surface area (Å²) in [4.78, 5) is 0. The van der Waals surface area contributed by atoms with Gasteiger partial charge in [-0.1, -0.05) is 59.5 Å². The van der Waals surface area contributed by atoms with E-state index >= 15 is 0 Å². The minimum Gasteiger partial charge on any atom is -0.379 e. The summed E-state index contributed by atoms with van der Waals surface area (Å²) in [6.07, 6.45) is 6.90. The van der Waals surface area contributed by atoms with Gasteiger partial charge in [-0.3, -0.25) is 0 Å². The van der Waals surface area contributed by atoms with Gasteiger partial charge in [0, 0.05) is 20.0 Å². The van der Waals surface area contributed by atoms with Crippen LogP contribution in [0.25, 0.3) is 0 Å². The van der Waals surface area contributed by atoms with E-state index in [0.717, 1.165) is 31.6 Å². The van der Waals surface area contributed by atoms with Gasteiger partial charge in [0.05, 0.1) is 5.69 Å². The summed E-state index contributed by atoms with van der Waals surface area (Å²) in [5.74, 6) is 0.778. The van der Waals surface area contributed by atoms with Gasteiger partial charge in [-0.05, 0) is 73.9 Å². The van der Waals surface area contributed by atoms with Crippen molar-refractivity contribution < 1.29 is 0 Å². The average molecular weight is 502 g/mol. The molecule has 1 aliphatic rings. The average Bonchev–Trinajstić information content (AvgIpc) is 2.55. The van der Waals surface area contributed by atoms with Crippen LogP contribution in [0.2, 0.25) is 0 Å². The molecule has 23 heavy (non-hydrogen) atoms. The first-order valence-electron chi connectivity index (χ1n) is 8.11. The Bertz CT molecular complexity index is 638. The number of benzene rings is 2. The highest BCUT2D eigenvalue weighted by atomic mass is 79.9. The second-order valence-electron chi connectivity index (χ2n) is 6.17. The standard InChI is InChI=1S/C19H20Br3N/c20-16-10-17(21)19(18(22)11-16)23-12-13-6-8-15(9-7-13)14-4-2-1-3-5-14/h6-11,14,23H,1-5,12H2. The van der Waals surface area contributed by atoms with Crippen molar-refractivity contribution in [2.24, 2.45) is 0 Å². The first kappa shape index (κ1) is 17.5. The van der Waals surface area contributed by atoms with Gasteiger partial charge in [0.15, 0.2) is 0 Å². The van der Waals surface area contributed by atoms with Gasteiger partial charge in [-0.15, -0.1) is 0 Å². The van der Waals surface area contributed by atoms with Crippen LogP contribution in [0.15, 0.2) is 49.8 Å². The molecule has 1 N–H and O–H groups in total. The van der Waals surface area contributed by atoms with Crippen LogP contribution >= 0.6 is 47.8 Å². The summed E-state index contributed by atoms with van der Waals surface area (Å²) in [5.41, 5.74) is 3.91. The van der Waals surface area contributed by atoms with Gasteiger partial charge >= 0.3 is 0 Å². The van der Waals surface area contributed by atoms with Gasteiger partial charge < -0.3 is 5.32 Å². The smallest absolute Gasteiger partial charge is 0.0632 e. The maximum Gasteiger partial charge on any atom is 0.0632 e. The summed E-state index contributed by atoms with van der Waals surface area (Å²) in [6, 6.07) is 13.3. The van der Waals surface area contributed by atoms with E-state index < -0.39 is 0 Å². The van der Waals surface area contributed by atoms with Crippen molar-refractivity contribution in [3.8, 4) is 0 Å². The maximum absolute atomic E-state index is 3.61. The topological polar surface area (TPSA) is 12.0 Å². The maximum atomic E-state index is 3.61. The van der Waals surface area contributed by atoms with E-state index in [1.165, 1.54) is 43.2 Å². The zero-order valence-electron chi connectivity index (χ0n) is 12.9. The van der Waals surface area contributed by atoms with Crippen LogP contribution in [0, 0.1) is 0 Å². The minimum absolute atomic E-state index is 0.778. The molecule has 0 spiro atoms. The SMILES string of the molecule is Brc1cc(Br)c(NCc2ccc(C3CCCCC3)cc2)c(Br)c1. The fourth-order valence-electron chi connectivity index (χ4n) is 3.25. The van der Waals surface area contributed by atoms with E-state index in [9.17, 15) is 0 Å². The van der Waals surface area contributed by atoms with E-state index in [0.29, 0.717) is 0 Å². The largest absolute Gasteiger partial charge is 0.379 e. The summed E-state index contributed by atoms with van der Waals surface area (Å²) in [5, 5.41) is 3.51. The second kappa shape index (κ2) is 8.17. The Morgan fingerprint density at radius 1 is 0.870 bits per heavy atom. The van der Waals surface area contributed by atoms with Crippen molar-refractivity contribution in [3.05, 3.63) is 60.9 Å². The van der Waals surface area contributed by atoms with Crippen molar-refractivity contribution >= 4 is 53.5 Å². The predicted octanol–water partition coefficient (Wildman–Crippen LogP) is 7.63. The van der Waals surface area contributed by atoms with Gasteiger partial charge in [-0.25, -0.2) is 0 Å². The second-order valence-corrected chi connectivity index (χ2v) is 8.80. The van der Waals surface area contributed by atoms with E-state index in [-0.39, 0.29) is 0 Å². The lowest BCUT2D eigenvalue weighted by atomic mass is 9.84. The highest BCUT2D eigenvalue weighted by molar-refractivity contribution is 9.11. The molecule has 0 radical (unpaired) electrons. The van der Waals surface area contributed by atoms with Crippen molar-refractivity contribution in [1.82, 2.24) is 0 Å². The normalized spacial score (nSPS) is 15.6. The molecule has 122 valence electrons. The third-order valence-electron chi connectivity index (χ3n) is 4.53. The summed E-state index contributed by atoms with van der Waals surface area (Å²) < 4.78 is 3.16. The molecule has 0 aliphatic heterocycles. The molecule has 0 aromatic heterocycles. The summed E-state index contributed by atoms with van der Waals surface area (Å²) in [7, 11) is 0. The lowest BCUT2D eigenvalue weighted by Crippen LogP contribution is -2.05. The molecule has 2 aromatic carbocycles. The van der Waals surface area contributed by atoms with Crippen LogP contribution in [0.4, 0.5) is 5.69 Å². The molecule has 1 saturated carbocycles. The van der Waals surface area contributed by atoms with Crippen LogP contribution in [0.1, 0.15) is 49.1 Å². The Labute approximate surface area is 163 Å². The fourth-order valence-corrected chi connectivity index (χ4v) is 5.78. The molecule has 0 bridgehead atoms. The fraction of sp³-hybridized carbons (Fsp3) is 0.368. The third kappa shape index (κ3) is 4.61. The molecule has 0 unspecified atom stereocenters. The molecule has 3 rings (SSSR count). The molecule has 1 aliphatic carbocycles. The molecule has 0 amide bonds. The van der Waals surface area contributed by atoms with E-state index in [1.54, 1.807) is 0 Å². The number of rotatable bonds is 4. The van der Waals surface area contributed by atoms with E-state index in [1.807, 2.05) is 0 Å². The Morgan fingerprint density at radius 2 is 1.48 bits per heavy atom. The van der Waals surface area contributed by atoms with Gasteiger partial charge in [0.2, 0.25) is 0 Å². The number of hydrogen-bond donors (Lipinski definition) is 1. The number of anilines is 1. The summed E-state index contributed by atoms with van der Waals surface area (Å²) in [6.45, 7) is 0.823. The molecule has 0 heterocycles. The van der Waals surface area contributed by atoms with Crippen LogP contribution < -0.4 is 5.32 Å². The van der Waals surface area contributed by atoms with Crippen LogP contribution in [-0.2, 0) is 6.54 Å². The van der Waals surface area contributed by atoms with Crippen molar-refractivity contribution in [1.29, 1.82) is 0 Å². The van der Waals surface area contributed by atoms with Gasteiger partial charge in [0.25, 0.3) is 0 Å². The first-order chi connectivity index (χ1) is 11.1. The molecule has 0 atom stereocenters. The van der Waals surface area contributed by atoms with Crippen LogP contribution in [0.5, 0.6) is 0 Å². The lowest BCUT2D eigenvalue weighted by Gasteiger charge is -2.22. The quantitative estimate of drug-likeness (QED) is 0.454. The highest BCUT2D eigenvalue weighted by Crippen LogP contribution is 2.35. The van der Waals surface area contributed by atoms with Crippen molar-refractivity contribution in [2.45, 2.75) is 44.6 Å². The zero-order chi connectivity index (χ0) is 16.2. The lowest BCUT2D eigenvalue weighted by molar-refractivity contribution is 0.443. The van der Waals surface area contributed by atoms with Gasteiger partial charge in [-0.2, -0.15) is 0 Å². The van der Waals surface area contributed by atoms with Gasteiger partial charge in [0.1, 0.15) is 0 Å². The van der Waals surface area contributed by atoms with Crippen LogP contribution in [0.3, 0.4) is 0 Å². The Balaban J connectivity index is 1.65. The molecular weight excluding hydrogens is 482 g/mol. The third-order valence-corrected chi connectivity index (χ3v) is 6.24. The first-order valence-corrected chi connectivity index (χ1v) is 10.5. The summed E-state index contributed by atoms with van der Waals surface area (Å²) >= 11 is 10.7. The Hall–Kier alpha value is -0.320. The number of hydrogen-bond acceptors (Lipinski definition) is 1. The van der Waals surface area contributed by atoms with E-state index in [2.05, 4.69) is 89.5 Å². The Kier molecular flexibility index (Phi) is 6.22. The van der Waals surface area contributed by atoms with E-state index in [4.69, 9.17) is 0 Å². The molecular formula is C19H20Br3N. The number of nitrogens with one attached hydrogen (secondary N) is 1. The van der Waals surface area contributed by atoms with Crippen molar-refractivity contribution in [2.75, 3.05) is 5.32 Å². The molecule has 0 saturated heterocycles. The zero-order valence-corrected chi connectivity index (χ0v) is 17.7. The molecule has 2 aromatic rings. The number of halogens is 3. The Morgan fingerprint density at radius 3 is 2.09 bits per heavy atom. The molecule has 1 fully saturated rings. The highest BCUT2D eigenvalue weighted by Gasteiger charge is 2.15. The predicted molar refractivity (Wildman–Crippen MR) is 109 cm³/mol.